The van der Waals surface area contributed by atoms with Gasteiger partial charge in [-0.15, -0.1) is 11.3 Å². The molecule has 2 N–H and O–H groups in total. The molecule has 0 aliphatic rings. The lowest BCUT2D eigenvalue weighted by atomic mass is 10.4. The fraction of sp³-hybridized carbons (Fsp3) is 0.308. The third-order valence-electron chi connectivity index (χ3n) is 2.62. The Morgan fingerprint density at radius 2 is 2.20 bits per heavy atom. The zero-order valence-corrected chi connectivity index (χ0v) is 12.8. The summed E-state index contributed by atoms with van der Waals surface area (Å²) < 4.78 is 27.3. The van der Waals surface area contributed by atoms with Gasteiger partial charge in [0.25, 0.3) is 10.0 Å². The van der Waals surface area contributed by atoms with Crippen LogP contribution < -0.4 is 10.0 Å². The second kappa shape index (κ2) is 6.83. The maximum atomic E-state index is 12.4. The van der Waals surface area contributed by atoms with Gasteiger partial charge in [-0.1, -0.05) is 6.92 Å². The third-order valence-corrected chi connectivity index (χ3v) is 5.14. The first-order valence-electron chi connectivity index (χ1n) is 6.33. The summed E-state index contributed by atoms with van der Waals surface area (Å²) in [7, 11) is -3.56. The normalized spacial score (nSPS) is 11.4. The highest BCUT2D eigenvalue weighted by Crippen LogP contribution is 2.24. The number of anilines is 1. The largest absolute Gasteiger partial charge is 0.312 e. The maximum Gasteiger partial charge on any atom is 0.263 e. The molecule has 0 unspecified atom stereocenters. The summed E-state index contributed by atoms with van der Waals surface area (Å²) in [5, 5.41) is 5.01. The van der Waals surface area contributed by atoms with Crippen LogP contribution in [0.25, 0.3) is 0 Å². The molecule has 2 heterocycles. The number of nitrogens with one attached hydrogen (secondary N) is 2. The van der Waals surface area contributed by atoms with Crippen molar-refractivity contribution < 1.29 is 8.42 Å². The Bertz CT molecular complexity index is 639. The number of hydrogen-bond acceptors (Lipinski definition) is 5. The molecule has 2 aromatic heterocycles. The minimum Gasteiger partial charge on any atom is -0.312 e. The van der Waals surface area contributed by atoms with Crippen molar-refractivity contribution in [3.63, 3.8) is 0 Å². The zero-order valence-electron chi connectivity index (χ0n) is 11.2. The molecule has 0 spiro atoms. The minimum atomic E-state index is -3.56. The van der Waals surface area contributed by atoms with Crippen molar-refractivity contribution in [1.82, 2.24) is 10.3 Å². The van der Waals surface area contributed by atoms with Gasteiger partial charge in [0, 0.05) is 17.6 Å². The predicted molar refractivity (Wildman–Crippen MR) is 81.4 cm³/mol. The van der Waals surface area contributed by atoms with E-state index in [1.165, 1.54) is 17.5 Å². The lowest BCUT2D eigenvalue weighted by Crippen LogP contribution is -2.18. The molecule has 7 heteroatoms. The first-order valence-corrected chi connectivity index (χ1v) is 8.69. The lowest BCUT2D eigenvalue weighted by Gasteiger charge is -2.09. The molecule has 5 nitrogen and oxygen atoms in total. The highest BCUT2D eigenvalue weighted by Gasteiger charge is 2.19. The van der Waals surface area contributed by atoms with Crippen LogP contribution in [-0.4, -0.2) is 19.9 Å². The average molecular weight is 311 g/mol. The first kappa shape index (κ1) is 15.0. The van der Waals surface area contributed by atoms with E-state index in [-0.39, 0.29) is 0 Å². The number of sulfonamides is 1. The Hall–Kier alpha value is -1.44. The van der Waals surface area contributed by atoms with E-state index < -0.39 is 10.0 Å². The van der Waals surface area contributed by atoms with Crippen LogP contribution in [0.15, 0.2) is 40.9 Å². The second-order valence-corrected chi connectivity index (χ2v) is 6.88. The Morgan fingerprint density at radius 1 is 1.35 bits per heavy atom. The Kier molecular flexibility index (Phi) is 5.11. The SMILES string of the molecule is CCCNCc1sccc1S(=O)(=O)Nc1cccnc1. The quantitative estimate of drug-likeness (QED) is 0.771. The van der Waals surface area contributed by atoms with E-state index in [9.17, 15) is 8.42 Å². The molecule has 2 aromatic rings. The van der Waals surface area contributed by atoms with Gasteiger partial charge in [-0.3, -0.25) is 9.71 Å². The van der Waals surface area contributed by atoms with Crippen molar-refractivity contribution in [3.05, 3.63) is 40.8 Å². The van der Waals surface area contributed by atoms with Gasteiger partial charge in [0.1, 0.15) is 4.90 Å². The van der Waals surface area contributed by atoms with E-state index in [1.54, 1.807) is 29.8 Å². The van der Waals surface area contributed by atoms with Gasteiger partial charge >= 0.3 is 0 Å². The summed E-state index contributed by atoms with van der Waals surface area (Å²) in [5.74, 6) is 0. The summed E-state index contributed by atoms with van der Waals surface area (Å²) in [6, 6.07) is 4.99. The van der Waals surface area contributed by atoms with Gasteiger partial charge in [-0.2, -0.15) is 0 Å². The molecule has 108 valence electrons. The van der Waals surface area contributed by atoms with Crippen LogP contribution in [0.1, 0.15) is 18.2 Å². The van der Waals surface area contributed by atoms with Crippen LogP contribution in [0.3, 0.4) is 0 Å². The van der Waals surface area contributed by atoms with Gasteiger partial charge < -0.3 is 5.32 Å². The monoisotopic (exact) mass is 311 g/mol. The predicted octanol–water partition coefficient (Wildman–Crippen LogP) is 2.44. The van der Waals surface area contributed by atoms with Crippen molar-refractivity contribution in [2.45, 2.75) is 24.8 Å². The van der Waals surface area contributed by atoms with Crippen molar-refractivity contribution in [3.8, 4) is 0 Å². The molecular formula is C13H17N3O2S2. The van der Waals surface area contributed by atoms with E-state index in [1.807, 2.05) is 0 Å². The zero-order chi connectivity index (χ0) is 14.4. The van der Waals surface area contributed by atoms with E-state index in [0.29, 0.717) is 17.1 Å². The molecule has 2 rings (SSSR count). The smallest absolute Gasteiger partial charge is 0.263 e. The highest BCUT2D eigenvalue weighted by atomic mass is 32.2. The van der Waals surface area contributed by atoms with Crippen molar-refractivity contribution in [2.75, 3.05) is 11.3 Å². The molecule has 0 atom stereocenters. The number of pyridine rings is 1. The minimum absolute atomic E-state index is 0.329. The Balaban J connectivity index is 2.15. The van der Waals surface area contributed by atoms with E-state index in [4.69, 9.17) is 0 Å². The number of thiophene rings is 1. The molecule has 0 fully saturated rings. The summed E-state index contributed by atoms with van der Waals surface area (Å²) in [6.45, 7) is 3.51. The molecular weight excluding hydrogens is 294 g/mol. The first-order chi connectivity index (χ1) is 9.63. The fourth-order valence-corrected chi connectivity index (χ4v) is 4.17. The Labute approximate surface area is 123 Å². The molecule has 0 saturated heterocycles. The van der Waals surface area contributed by atoms with Crippen LogP contribution in [0.4, 0.5) is 5.69 Å². The van der Waals surface area contributed by atoms with Crippen molar-refractivity contribution in [1.29, 1.82) is 0 Å². The van der Waals surface area contributed by atoms with Gasteiger partial charge in [-0.05, 0) is 36.5 Å². The summed E-state index contributed by atoms with van der Waals surface area (Å²) in [6.07, 6.45) is 4.10. The summed E-state index contributed by atoms with van der Waals surface area (Å²) in [4.78, 5) is 5.04. The maximum absolute atomic E-state index is 12.4. The molecule has 0 radical (unpaired) electrons. The molecule has 0 bridgehead atoms. The number of rotatable bonds is 7. The molecule has 0 amide bonds. The molecule has 0 saturated carbocycles. The topological polar surface area (TPSA) is 71.1 Å². The lowest BCUT2D eigenvalue weighted by molar-refractivity contribution is 0.599. The van der Waals surface area contributed by atoms with Crippen molar-refractivity contribution in [2.24, 2.45) is 0 Å². The molecule has 20 heavy (non-hydrogen) atoms. The van der Waals surface area contributed by atoms with Crippen LogP contribution in [-0.2, 0) is 16.6 Å². The summed E-state index contributed by atoms with van der Waals surface area (Å²) in [5.41, 5.74) is 0.464. The fourth-order valence-electron chi connectivity index (χ4n) is 1.71. The third kappa shape index (κ3) is 3.78. The van der Waals surface area contributed by atoms with Crippen LogP contribution in [0.2, 0.25) is 0 Å². The molecule has 0 aromatic carbocycles. The van der Waals surface area contributed by atoms with E-state index in [0.717, 1.165) is 17.8 Å². The van der Waals surface area contributed by atoms with Gasteiger partial charge in [-0.25, -0.2) is 8.42 Å². The van der Waals surface area contributed by atoms with E-state index >= 15 is 0 Å². The number of hydrogen-bond donors (Lipinski definition) is 2. The average Bonchev–Trinajstić information content (AvgIpc) is 2.89. The van der Waals surface area contributed by atoms with Gasteiger partial charge in [0.05, 0.1) is 11.9 Å². The van der Waals surface area contributed by atoms with Crippen molar-refractivity contribution >= 4 is 27.0 Å². The molecule has 0 aliphatic heterocycles. The van der Waals surface area contributed by atoms with Crippen LogP contribution in [0, 0.1) is 0 Å². The van der Waals surface area contributed by atoms with Crippen LogP contribution in [0.5, 0.6) is 0 Å². The van der Waals surface area contributed by atoms with Gasteiger partial charge in [0.15, 0.2) is 0 Å². The standard InChI is InChI=1S/C13H17N3O2S2/c1-2-6-14-10-12-13(5-8-19-12)20(17,18)16-11-4-3-7-15-9-11/h3-5,7-9,14,16H,2,6,10H2,1H3. The number of nitrogens with zero attached hydrogens (tertiary/aromatic N) is 1. The summed E-state index contributed by atoms with van der Waals surface area (Å²) >= 11 is 1.44. The number of aromatic nitrogens is 1. The van der Waals surface area contributed by atoms with Gasteiger partial charge in [0.2, 0.25) is 0 Å². The van der Waals surface area contributed by atoms with E-state index in [2.05, 4.69) is 21.9 Å². The molecule has 0 aliphatic carbocycles. The van der Waals surface area contributed by atoms with Crippen LogP contribution >= 0.6 is 11.3 Å². The second-order valence-electron chi connectivity index (χ2n) is 4.23. The Morgan fingerprint density at radius 3 is 2.90 bits per heavy atom. The highest BCUT2D eigenvalue weighted by molar-refractivity contribution is 7.93.